The van der Waals surface area contributed by atoms with Crippen molar-refractivity contribution in [3.8, 4) is 5.75 Å². The van der Waals surface area contributed by atoms with Crippen molar-refractivity contribution in [1.82, 2.24) is 20.4 Å². The molecule has 0 fully saturated rings. The molecule has 1 amide bonds. The van der Waals surface area contributed by atoms with Crippen molar-refractivity contribution in [2.75, 3.05) is 17.7 Å². The molecule has 3 aromatic rings. The zero-order valence-electron chi connectivity index (χ0n) is 17.1. The Kier molecular flexibility index (Phi) is 7.92. The van der Waals surface area contributed by atoms with Crippen LogP contribution in [0.25, 0.3) is 0 Å². The maximum absolute atomic E-state index is 12.3. The third-order valence-electron chi connectivity index (χ3n) is 4.26. The van der Waals surface area contributed by atoms with Gasteiger partial charge in [0.1, 0.15) is 16.6 Å². The van der Waals surface area contributed by atoms with Gasteiger partial charge in [-0.05, 0) is 49.1 Å². The first-order valence-electron chi connectivity index (χ1n) is 9.78. The predicted molar refractivity (Wildman–Crippen MR) is 114 cm³/mol. The fraction of sp³-hybridized carbons (Fsp3) is 0.350. The van der Waals surface area contributed by atoms with Gasteiger partial charge in [0, 0.05) is 13.5 Å². The largest absolute Gasteiger partial charge is 0.573 e. The summed E-state index contributed by atoms with van der Waals surface area (Å²) in [5.74, 6) is -0.0510. The van der Waals surface area contributed by atoms with E-state index < -0.39 is 12.3 Å². The number of anilines is 2. The lowest BCUT2D eigenvalue weighted by Crippen LogP contribution is -2.17. The van der Waals surface area contributed by atoms with E-state index in [1.54, 1.807) is 13.1 Å². The summed E-state index contributed by atoms with van der Waals surface area (Å²) in [4.78, 5) is 12.2. The van der Waals surface area contributed by atoms with Crippen LogP contribution in [0, 0.1) is 0 Å². The summed E-state index contributed by atoms with van der Waals surface area (Å²) in [6.07, 6.45) is -1.59. The standard InChI is InChI=1S/C20H21F3N6O2S/c1-24-16-10-9-14(26-27-16)6-2-3-8-18-28-29-19(32-18)25-17(30)12-13-5-4-7-15(11-13)31-20(21,22)23/h4-5,7,9-11H,2-3,6,8,12H2,1H3,(H,24,27)(H,25,29,30). The molecule has 0 aliphatic carbocycles. The zero-order valence-corrected chi connectivity index (χ0v) is 18.0. The molecule has 0 saturated carbocycles. The number of alkyl halides is 3. The Balaban J connectivity index is 1.42. The summed E-state index contributed by atoms with van der Waals surface area (Å²) in [5.41, 5.74) is 1.30. The number of hydrogen-bond acceptors (Lipinski definition) is 8. The number of halogens is 3. The molecule has 0 bridgehead atoms. The van der Waals surface area contributed by atoms with Crippen molar-refractivity contribution in [2.24, 2.45) is 0 Å². The number of amides is 1. The maximum Gasteiger partial charge on any atom is 0.573 e. The highest BCUT2D eigenvalue weighted by molar-refractivity contribution is 7.15. The van der Waals surface area contributed by atoms with Crippen molar-refractivity contribution >= 4 is 28.2 Å². The van der Waals surface area contributed by atoms with E-state index in [0.29, 0.717) is 17.1 Å². The second-order valence-corrected chi connectivity index (χ2v) is 7.85. The van der Waals surface area contributed by atoms with E-state index in [2.05, 4.69) is 35.8 Å². The lowest BCUT2D eigenvalue weighted by Gasteiger charge is -2.09. The number of benzene rings is 1. The van der Waals surface area contributed by atoms with Gasteiger partial charge in [-0.1, -0.05) is 23.5 Å². The SMILES string of the molecule is CNc1ccc(CCCCc2nnc(NC(=O)Cc3cccc(OC(F)(F)F)c3)s2)nn1. The topological polar surface area (TPSA) is 102 Å². The first kappa shape index (κ1) is 23.4. The number of rotatable bonds is 10. The molecule has 8 nitrogen and oxygen atoms in total. The monoisotopic (exact) mass is 466 g/mol. The fourth-order valence-electron chi connectivity index (χ4n) is 2.82. The molecular formula is C20H21F3N6O2S. The summed E-state index contributed by atoms with van der Waals surface area (Å²) in [7, 11) is 1.79. The summed E-state index contributed by atoms with van der Waals surface area (Å²) in [6.45, 7) is 0. The predicted octanol–water partition coefficient (Wildman–Crippen LogP) is 4.02. The van der Waals surface area contributed by atoms with Crippen LogP contribution < -0.4 is 15.4 Å². The second-order valence-electron chi connectivity index (χ2n) is 6.79. The van der Waals surface area contributed by atoms with Gasteiger partial charge in [-0.25, -0.2) is 0 Å². The van der Waals surface area contributed by atoms with Crippen LogP contribution in [-0.4, -0.2) is 39.7 Å². The average Bonchev–Trinajstić information content (AvgIpc) is 3.17. The smallest absolute Gasteiger partial charge is 0.406 e. The minimum atomic E-state index is -4.78. The number of carbonyl (C=O) groups excluding carboxylic acids is 1. The summed E-state index contributed by atoms with van der Waals surface area (Å²) in [6, 6.07) is 9.10. The number of unbranched alkanes of at least 4 members (excludes halogenated alkanes) is 1. The number of ether oxygens (including phenoxy) is 1. The highest BCUT2D eigenvalue weighted by atomic mass is 32.1. The molecule has 1 aromatic carbocycles. The van der Waals surface area contributed by atoms with Crippen LogP contribution in [0.1, 0.15) is 29.1 Å². The molecule has 2 aromatic heterocycles. The normalized spacial score (nSPS) is 11.2. The van der Waals surface area contributed by atoms with Gasteiger partial charge >= 0.3 is 6.36 Å². The summed E-state index contributed by atoms with van der Waals surface area (Å²) < 4.78 is 40.9. The Labute approximate surface area is 186 Å². The van der Waals surface area contributed by atoms with E-state index in [1.807, 2.05) is 12.1 Å². The third-order valence-corrected chi connectivity index (χ3v) is 5.16. The van der Waals surface area contributed by atoms with Gasteiger partial charge in [-0.15, -0.1) is 28.5 Å². The molecule has 170 valence electrons. The van der Waals surface area contributed by atoms with E-state index in [4.69, 9.17) is 0 Å². The molecule has 0 unspecified atom stereocenters. The Hall–Kier alpha value is -3.28. The van der Waals surface area contributed by atoms with Crippen LogP contribution in [0.4, 0.5) is 24.1 Å². The van der Waals surface area contributed by atoms with Gasteiger partial charge in [0.15, 0.2) is 0 Å². The molecule has 0 spiro atoms. The number of hydrogen-bond donors (Lipinski definition) is 2. The van der Waals surface area contributed by atoms with E-state index in [-0.39, 0.29) is 12.2 Å². The lowest BCUT2D eigenvalue weighted by atomic mass is 10.1. The van der Waals surface area contributed by atoms with Gasteiger partial charge in [-0.2, -0.15) is 5.10 Å². The van der Waals surface area contributed by atoms with Crippen LogP contribution in [0.15, 0.2) is 36.4 Å². The molecule has 0 radical (unpaired) electrons. The van der Waals surface area contributed by atoms with E-state index in [1.165, 1.54) is 29.5 Å². The minimum Gasteiger partial charge on any atom is -0.406 e. The molecule has 0 aliphatic rings. The number of aromatic nitrogens is 4. The van der Waals surface area contributed by atoms with Gasteiger partial charge in [0.2, 0.25) is 11.0 Å². The maximum atomic E-state index is 12.3. The van der Waals surface area contributed by atoms with Crippen LogP contribution in [0.3, 0.4) is 0 Å². The molecule has 3 rings (SSSR count). The molecule has 12 heteroatoms. The van der Waals surface area contributed by atoms with Crippen LogP contribution >= 0.6 is 11.3 Å². The number of nitrogens with one attached hydrogen (secondary N) is 2. The molecular weight excluding hydrogens is 445 g/mol. The van der Waals surface area contributed by atoms with Crippen molar-refractivity contribution in [3.63, 3.8) is 0 Å². The molecule has 2 N–H and O–H groups in total. The number of aryl methyl sites for hydroxylation is 2. The highest BCUT2D eigenvalue weighted by Crippen LogP contribution is 2.24. The van der Waals surface area contributed by atoms with E-state index in [9.17, 15) is 18.0 Å². The van der Waals surface area contributed by atoms with Crippen molar-refractivity contribution < 1.29 is 22.7 Å². The van der Waals surface area contributed by atoms with Crippen molar-refractivity contribution in [3.05, 3.63) is 52.7 Å². The van der Waals surface area contributed by atoms with Crippen LogP contribution in [-0.2, 0) is 24.1 Å². The fourth-order valence-corrected chi connectivity index (χ4v) is 3.61. The minimum absolute atomic E-state index is 0.114. The zero-order chi connectivity index (χ0) is 23.0. The Morgan fingerprint density at radius 3 is 2.59 bits per heavy atom. The molecule has 2 heterocycles. The summed E-state index contributed by atoms with van der Waals surface area (Å²) >= 11 is 1.27. The Morgan fingerprint density at radius 1 is 1.06 bits per heavy atom. The molecule has 32 heavy (non-hydrogen) atoms. The van der Waals surface area contributed by atoms with Crippen molar-refractivity contribution in [1.29, 1.82) is 0 Å². The van der Waals surface area contributed by atoms with Gasteiger partial charge < -0.3 is 15.4 Å². The van der Waals surface area contributed by atoms with Gasteiger partial charge in [-0.3, -0.25) is 4.79 Å². The van der Waals surface area contributed by atoms with Crippen LogP contribution in [0.5, 0.6) is 5.75 Å². The lowest BCUT2D eigenvalue weighted by molar-refractivity contribution is -0.274. The molecule has 0 aliphatic heterocycles. The number of nitrogens with zero attached hydrogens (tertiary/aromatic N) is 4. The van der Waals surface area contributed by atoms with E-state index >= 15 is 0 Å². The van der Waals surface area contributed by atoms with Crippen LogP contribution in [0.2, 0.25) is 0 Å². The first-order valence-corrected chi connectivity index (χ1v) is 10.6. The quantitative estimate of drug-likeness (QED) is 0.435. The highest BCUT2D eigenvalue weighted by Gasteiger charge is 2.31. The van der Waals surface area contributed by atoms with Gasteiger partial charge in [0.05, 0.1) is 12.1 Å². The molecule has 0 saturated heterocycles. The average molecular weight is 466 g/mol. The third kappa shape index (κ3) is 7.76. The number of carbonyl (C=O) groups is 1. The first-order chi connectivity index (χ1) is 15.3. The van der Waals surface area contributed by atoms with Gasteiger partial charge in [0.25, 0.3) is 0 Å². The Bertz CT molecular complexity index is 1030. The Morgan fingerprint density at radius 2 is 1.88 bits per heavy atom. The summed E-state index contributed by atoms with van der Waals surface area (Å²) in [5, 5.41) is 22.9. The van der Waals surface area contributed by atoms with Crippen molar-refractivity contribution in [2.45, 2.75) is 38.5 Å². The van der Waals surface area contributed by atoms with E-state index in [0.717, 1.165) is 35.8 Å². The molecule has 0 atom stereocenters. The second kappa shape index (κ2) is 10.8.